The van der Waals surface area contributed by atoms with Crippen LogP contribution in [0.25, 0.3) is 0 Å². The maximum atomic E-state index is 12.7. The Morgan fingerprint density at radius 2 is 1.91 bits per heavy atom. The Hall–Kier alpha value is -2.69. The zero-order valence-electron chi connectivity index (χ0n) is 12.7. The second-order valence-electron chi connectivity index (χ2n) is 5.97. The van der Waals surface area contributed by atoms with Crippen LogP contribution in [0.15, 0.2) is 48.8 Å². The number of carbonyl (C=O) groups excluding carboxylic acids is 2. The summed E-state index contributed by atoms with van der Waals surface area (Å²) in [5, 5.41) is 0. The molecule has 2 aliphatic heterocycles. The number of rotatable bonds is 1. The number of aromatic nitrogens is 1. The number of fused-ring (bicyclic) bond motifs is 3. The van der Waals surface area contributed by atoms with Crippen LogP contribution in [0.4, 0.5) is 0 Å². The molecular formula is C18H17N3O2. The molecule has 0 saturated carbocycles. The Morgan fingerprint density at radius 1 is 1.13 bits per heavy atom. The smallest absolute Gasteiger partial charge is 0.254 e. The number of benzene rings is 1. The van der Waals surface area contributed by atoms with E-state index in [9.17, 15) is 9.59 Å². The van der Waals surface area contributed by atoms with Crippen molar-refractivity contribution in [2.45, 2.75) is 12.5 Å². The predicted octanol–water partition coefficient (Wildman–Crippen LogP) is 1.66. The lowest BCUT2D eigenvalue weighted by Crippen LogP contribution is -2.55. The number of hydrogen-bond donors (Lipinski definition) is 0. The van der Waals surface area contributed by atoms with Gasteiger partial charge in [-0.05, 0) is 29.7 Å². The van der Waals surface area contributed by atoms with E-state index in [1.807, 2.05) is 17.0 Å². The van der Waals surface area contributed by atoms with Gasteiger partial charge in [0.15, 0.2) is 0 Å². The first-order valence-corrected chi connectivity index (χ1v) is 7.80. The minimum atomic E-state index is -0.108. The molecule has 1 saturated heterocycles. The topological polar surface area (TPSA) is 53.5 Å². The van der Waals surface area contributed by atoms with Crippen molar-refractivity contribution in [1.82, 2.24) is 14.8 Å². The number of hydrogen-bond acceptors (Lipinski definition) is 3. The third-order valence-electron chi connectivity index (χ3n) is 4.67. The van der Waals surface area contributed by atoms with Gasteiger partial charge in [0.1, 0.15) is 6.54 Å². The molecule has 0 bridgehead atoms. The van der Waals surface area contributed by atoms with Crippen LogP contribution in [-0.2, 0) is 11.2 Å². The average Bonchev–Trinajstić information content (AvgIpc) is 2.61. The van der Waals surface area contributed by atoms with E-state index >= 15 is 0 Å². The SMILES string of the molecule is O=C(c1ccncc1)N1CC(=O)N2CCc3ccccc3C2C1. The van der Waals surface area contributed by atoms with Crippen LogP contribution in [0, 0.1) is 0 Å². The molecule has 0 spiro atoms. The van der Waals surface area contributed by atoms with E-state index in [0.29, 0.717) is 12.1 Å². The predicted molar refractivity (Wildman–Crippen MR) is 84.7 cm³/mol. The Balaban J connectivity index is 1.65. The van der Waals surface area contributed by atoms with Crippen molar-refractivity contribution in [2.24, 2.45) is 0 Å². The van der Waals surface area contributed by atoms with Crippen LogP contribution in [0.2, 0.25) is 0 Å². The Bertz CT molecular complexity index is 760. The number of amides is 2. The Labute approximate surface area is 134 Å². The van der Waals surface area contributed by atoms with E-state index in [0.717, 1.165) is 13.0 Å². The highest BCUT2D eigenvalue weighted by molar-refractivity contribution is 5.97. The van der Waals surface area contributed by atoms with E-state index in [2.05, 4.69) is 17.1 Å². The summed E-state index contributed by atoms with van der Waals surface area (Å²) in [4.78, 5) is 32.7. The number of carbonyl (C=O) groups is 2. The first kappa shape index (κ1) is 13.9. The largest absolute Gasteiger partial charge is 0.332 e. The first-order valence-electron chi connectivity index (χ1n) is 7.80. The minimum absolute atomic E-state index is 0.0261. The summed E-state index contributed by atoms with van der Waals surface area (Å²) in [6.45, 7) is 1.43. The van der Waals surface area contributed by atoms with Gasteiger partial charge < -0.3 is 9.80 Å². The number of pyridine rings is 1. The highest BCUT2D eigenvalue weighted by Crippen LogP contribution is 2.33. The molecule has 2 amide bonds. The standard InChI is InChI=1S/C18H17N3O2/c22-17-12-20(18(23)14-5-8-19-9-6-14)11-16-15-4-2-1-3-13(15)7-10-21(16)17/h1-6,8-9,16H,7,10-12H2. The van der Waals surface area contributed by atoms with Crippen molar-refractivity contribution < 1.29 is 9.59 Å². The number of piperazine rings is 1. The quantitative estimate of drug-likeness (QED) is 0.805. The lowest BCUT2D eigenvalue weighted by atomic mass is 9.90. The molecule has 0 N–H and O–H groups in total. The second-order valence-corrected chi connectivity index (χ2v) is 5.97. The van der Waals surface area contributed by atoms with Crippen LogP contribution in [-0.4, -0.2) is 46.2 Å². The van der Waals surface area contributed by atoms with Gasteiger partial charge in [-0.3, -0.25) is 14.6 Å². The van der Waals surface area contributed by atoms with Crippen molar-refractivity contribution in [3.05, 3.63) is 65.5 Å². The van der Waals surface area contributed by atoms with Crippen LogP contribution in [0.1, 0.15) is 27.5 Å². The summed E-state index contributed by atoms with van der Waals surface area (Å²) in [6, 6.07) is 11.5. The fraction of sp³-hybridized carbons (Fsp3) is 0.278. The summed E-state index contributed by atoms with van der Waals surface area (Å²) in [6.07, 6.45) is 4.08. The first-order chi connectivity index (χ1) is 11.2. The summed E-state index contributed by atoms with van der Waals surface area (Å²) in [7, 11) is 0. The van der Waals surface area contributed by atoms with Crippen LogP contribution in [0.5, 0.6) is 0 Å². The van der Waals surface area contributed by atoms with Crippen molar-refractivity contribution in [1.29, 1.82) is 0 Å². The van der Waals surface area contributed by atoms with Gasteiger partial charge in [-0.25, -0.2) is 0 Å². The molecule has 4 rings (SSSR count). The summed E-state index contributed by atoms with van der Waals surface area (Å²) in [5.74, 6) is -0.0818. The summed E-state index contributed by atoms with van der Waals surface area (Å²) >= 11 is 0. The monoisotopic (exact) mass is 307 g/mol. The van der Waals surface area contributed by atoms with Gasteiger partial charge in [0.05, 0.1) is 6.04 Å². The summed E-state index contributed by atoms with van der Waals surface area (Å²) < 4.78 is 0. The normalized spacial score (nSPS) is 20.0. The lowest BCUT2D eigenvalue weighted by molar-refractivity contribution is -0.139. The molecule has 1 fully saturated rings. The lowest BCUT2D eigenvalue weighted by Gasteiger charge is -2.44. The molecule has 0 radical (unpaired) electrons. The highest BCUT2D eigenvalue weighted by atomic mass is 16.2. The van der Waals surface area contributed by atoms with Crippen molar-refractivity contribution in [2.75, 3.05) is 19.6 Å². The molecule has 23 heavy (non-hydrogen) atoms. The van der Waals surface area contributed by atoms with Gasteiger partial charge >= 0.3 is 0 Å². The van der Waals surface area contributed by atoms with Gasteiger partial charge in [0, 0.05) is 31.0 Å². The Morgan fingerprint density at radius 3 is 2.74 bits per heavy atom. The van der Waals surface area contributed by atoms with Gasteiger partial charge in [-0.2, -0.15) is 0 Å². The van der Waals surface area contributed by atoms with Gasteiger partial charge in [0.25, 0.3) is 5.91 Å². The Kier molecular flexibility index (Phi) is 3.33. The minimum Gasteiger partial charge on any atom is -0.332 e. The molecule has 5 heteroatoms. The van der Waals surface area contributed by atoms with E-state index in [1.165, 1.54) is 11.1 Å². The van der Waals surface area contributed by atoms with Gasteiger partial charge in [-0.15, -0.1) is 0 Å². The van der Waals surface area contributed by atoms with E-state index < -0.39 is 0 Å². The van der Waals surface area contributed by atoms with Gasteiger partial charge in [-0.1, -0.05) is 24.3 Å². The van der Waals surface area contributed by atoms with Crippen LogP contribution in [0.3, 0.4) is 0 Å². The molecule has 1 unspecified atom stereocenters. The zero-order chi connectivity index (χ0) is 15.8. The molecule has 1 atom stereocenters. The van der Waals surface area contributed by atoms with Crippen molar-refractivity contribution >= 4 is 11.8 Å². The molecule has 116 valence electrons. The second kappa shape index (κ2) is 5.50. The molecule has 1 aromatic carbocycles. The zero-order valence-corrected chi connectivity index (χ0v) is 12.7. The van der Waals surface area contributed by atoms with Gasteiger partial charge in [0.2, 0.25) is 5.91 Å². The molecule has 1 aromatic heterocycles. The molecular weight excluding hydrogens is 290 g/mol. The molecule has 3 heterocycles. The van der Waals surface area contributed by atoms with E-state index in [4.69, 9.17) is 0 Å². The third-order valence-corrected chi connectivity index (χ3v) is 4.67. The maximum Gasteiger partial charge on any atom is 0.254 e. The summed E-state index contributed by atoms with van der Waals surface area (Å²) in [5.41, 5.74) is 3.02. The third kappa shape index (κ3) is 2.38. The average molecular weight is 307 g/mol. The van der Waals surface area contributed by atoms with Crippen LogP contribution >= 0.6 is 0 Å². The molecule has 2 aliphatic rings. The fourth-order valence-electron chi connectivity index (χ4n) is 3.51. The fourth-order valence-corrected chi connectivity index (χ4v) is 3.51. The van der Waals surface area contributed by atoms with Crippen molar-refractivity contribution in [3.63, 3.8) is 0 Å². The van der Waals surface area contributed by atoms with Crippen LogP contribution < -0.4 is 0 Å². The number of nitrogens with zero attached hydrogens (tertiary/aromatic N) is 3. The van der Waals surface area contributed by atoms with E-state index in [-0.39, 0.29) is 24.4 Å². The molecule has 0 aliphatic carbocycles. The molecule has 2 aromatic rings. The maximum absolute atomic E-state index is 12.7. The van der Waals surface area contributed by atoms with E-state index in [1.54, 1.807) is 29.4 Å². The van der Waals surface area contributed by atoms with Crippen molar-refractivity contribution in [3.8, 4) is 0 Å². The highest BCUT2D eigenvalue weighted by Gasteiger charge is 2.38. The molecule has 5 nitrogen and oxygen atoms in total.